The van der Waals surface area contributed by atoms with Gasteiger partial charge in [0.05, 0.1) is 0 Å². The van der Waals surface area contributed by atoms with Crippen LogP contribution in [0, 0.1) is 0 Å². The van der Waals surface area contributed by atoms with Gasteiger partial charge in [-0.3, -0.25) is 0 Å². The Morgan fingerprint density at radius 2 is 1.00 bits per heavy atom. The van der Waals surface area contributed by atoms with Crippen molar-refractivity contribution in [3.8, 4) is 11.1 Å². The monoisotopic (exact) mass is 506 g/mol. The zero-order valence-electron chi connectivity index (χ0n) is 18.8. The summed E-state index contributed by atoms with van der Waals surface area (Å²) in [5.41, 5.74) is 2.58. The Hall–Kier alpha value is -3.94. The first kappa shape index (κ1) is 19.4. The number of hydrogen-bond acceptors (Lipinski definition) is 0. The van der Waals surface area contributed by atoms with Gasteiger partial charge in [0.2, 0.25) is 0 Å². The quantitative estimate of drug-likeness (QED) is 0.153. The number of benzene rings is 8. The summed E-state index contributed by atoms with van der Waals surface area (Å²) >= 11 is 3.79. The van der Waals surface area contributed by atoms with Gasteiger partial charge in [0, 0.05) is 4.47 Å². The van der Waals surface area contributed by atoms with Crippen molar-refractivity contribution in [2.24, 2.45) is 0 Å². The molecule has 0 aliphatic heterocycles. The molecule has 0 atom stereocenters. The van der Waals surface area contributed by atoms with Gasteiger partial charge in [0.25, 0.3) is 0 Å². The van der Waals surface area contributed by atoms with Crippen molar-refractivity contribution in [1.82, 2.24) is 0 Å². The van der Waals surface area contributed by atoms with Gasteiger partial charge in [-0.1, -0.05) is 107 Å². The molecule has 35 heavy (non-hydrogen) atoms. The molecule has 0 aromatic heterocycles. The third-order valence-electron chi connectivity index (χ3n) is 7.59. The first-order chi connectivity index (χ1) is 17.3. The predicted octanol–water partition coefficient (Wildman–Crippen LogP) is 10.5. The molecule has 8 rings (SSSR count). The van der Waals surface area contributed by atoms with Gasteiger partial charge >= 0.3 is 0 Å². The van der Waals surface area contributed by atoms with Crippen LogP contribution in [0.4, 0.5) is 0 Å². The standard InChI is InChI=1S/C34H19Br/c35-30-14-6-11-23-17-28-24(18-27(23)30)19-29-25-12-4-9-21-15-16-22-10-5-13-26(32(22)31(21)25)34(29)33(28)20-7-2-1-3-8-20/h1-19H. The second-order valence-electron chi connectivity index (χ2n) is 9.45. The Morgan fingerprint density at radius 1 is 0.371 bits per heavy atom. The average molecular weight is 507 g/mol. The van der Waals surface area contributed by atoms with Crippen LogP contribution in [-0.4, -0.2) is 0 Å². The highest BCUT2D eigenvalue weighted by atomic mass is 79.9. The fraction of sp³-hybridized carbons (Fsp3) is 0. The molecule has 0 saturated carbocycles. The minimum atomic E-state index is 1.13. The number of hydrogen-bond donors (Lipinski definition) is 0. The van der Waals surface area contributed by atoms with E-state index in [0.29, 0.717) is 0 Å². The highest BCUT2D eigenvalue weighted by Crippen LogP contribution is 2.47. The normalized spacial score (nSPS) is 12.1. The first-order valence-corrected chi connectivity index (χ1v) is 12.8. The summed E-state index contributed by atoms with van der Waals surface area (Å²) in [5, 5.41) is 15.7. The fourth-order valence-electron chi connectivity index (χ4n) is 6.12. The lowest BCUT2D eigenvalue weighted by atomic mass is 9.83. The van der Waals surface area contributed by atoms with Crippen LogP contribution < -0.4 is 0 Å². The van der Waals surface area contributed by atoms with E-state index in [1.807, 2.05) is 0 Å². The van der Waals surface area contributed by atoms with Crippen LogP contribution >= 0.6 is 15.9 Å². The maximum Gasteiger partial charge on any atom is 0.0253 e. The molecule has 0 spiro atoms. The first-order valence-electron chi connectivity index (χ1n) is 12.0. The molecule has 8 aromatic rings. The Morgan fingerprint density at radius 3 is 1.80 bits per heavy atom. The average Bonchev–Trinajstić information content (AvgIpc) is 2.91. The van der Waals surface area contributed by atoms with E-state index < -0.39 is 0 Å². The molecular formula is C34H19Br. The molecule has 0 N–H and O–H groups in total. The van der Waals surface area contributed by atoms with E-state index in [0.717, 1.165) is 4.47 Å². The zero-order valence-corrected chi connectivity index (χ0v) is 20.4. The lowest BCUT2D eigenvalue weighted by Crippen LogP contribution is -1.91. The van der Waals surface area contributed by atoms with Crippen LogP contribution in [-0.2, 0) is 0 Å². The molecule has 0 nitrogen and oxygen atoms in total. The van der Waals surface area contributed by atoms with E-state index >= 15 is 0 Å². The van der Waals surface area contributed by atoms with Crippen molar-refractivity contribution in [2.75, 3.05) is 0 Å². The Labute approximate surface area is 210 Å². The predicted molar refractivity (Wildman–Crippen MR) is 156 cm³/mol. The van der Waals surface area contributed by atoms with Crippen molar-refractivity contribution < 1.29 is 0 Å². The van der Waals surface area contributed by atoms with Crippen molar-refractivity contribution in [3.63, 3.8) is 0 Å². The second kappa shape index (κ2) is 7.04. The number of halogens is 1. The summed E-state index contributed by atoms with van der Waals surface area (Å²) in [7, 11) is 0. The van der Waals surface area contributed by atoms with Crippen LogP contribution in [0.5, 0.6) is 0 Å². The molecule has 0 fully saturated rings. The topological polar surface area (TPSA) is 0 Å². The van der Waals surface area contributed by atoms with Gasteiger partial charge in [0.1, 0.15) is 0 Å². The van der Waals surface area contributed by atoms with Gasteiger partial charge in [-0.2, -0.15) is 0 Å². The molecule has 8 aromatic carbocycles. The third kappa shape index (κ3) is 2.62. The summed E-state index contributed by atoms with van der Waals surface area (Å²) in [6.07, 6.45) is 0. The van der Waals surface area contributed by atoms with Crippen LogP contribution in [0.1, 0.15) is 0 Å². The largest absolute Gasteiger partial charge is 0.0622 e. The highest BCUT2D eigenvalue weighted by molar-refractivity contribution is 9.10. The van der Waals surface area contributed by atoms with Gasteiger partial charge < -0.3 is 0 Å². The lowest BCUT2D eigenvalue weighted by Gasteiger charge is -2.19. The Bertz CT molecular complexity index is 2100. The lowest BCUT2D eigenvalue weighted by molar-refractivity contribution is 1.68. The molecule has 0 aliphatic rings. The van der Waals surface area contributed by atoms with E-state index in [1.54, 1.807) is 0 Å². The molecule has 0 radical (unpaired) electrons. The summed E-state index contributed by atoms with van der Waals surface area (Å²) in [6, 6.07) is 42.5. The van der Waals surface area contributed by atoms with Gasteiger partial charge in [-0.15, -0.1) is 0 Å². The molecule has 0 amide bonds. The molecule has 0 bridgehead atoms. The Balaban J connectivity index is 1.74. The third-order valence-corrected chi connectivity index (χ3v) is 8.29. The van der Waals surface area contributed by atoms with E-state index in [2.05, 4.69) is 131 Å². The van der Waals surface area contributed by atoms with Crippen molar-refractivity contribution in [3.05, 3.63) is 120 Å². The molecule has 1 heteroatoms. The molecule has 162 valence electrons. The van der Waals surface area contributed by atoms with Crippen molar-refractivity contribution >= 4 is 80.6 Å². The van der Waals surface area contributed by atoms with Crippen LogP contribution in [0.15, 0.2) is 120 Å². The molecular weight excluding hydrogens is 488 g/mol. The minimum absolute atomic E-state index is 1.13. The van der Waals surface area contributed by atoms with Gasteiger partial charge in [-0.05, 0) is 100 Å². The van der Waals surface area contributed by atoms with E-state index in [-0.39, 0.29) is 0 Å². The number of rotatable bonds is 1. The van der Waals surface area contributed by atoms with Crippen LogP contribution in [0.2, 0.25) is 0 Å². The van der Waals surface area contributed by atoms with Gasteiger partial charge in [-0.25, -0.2) is 0 Å². The molecule has 0 unspecified atom stereocenters. The minimum Gasteiger partial charge on any atom is -0.0622 e. The second-order valence-corrected chi connectivity index (χ2v) is 10.3. The maximum absolute atomic E-state index is 3.79. The van der Waals surface area contributed by atoms with E-state index in [4.69, 9.17) is 0 Å². The molecule has 0 heterocycles. The molecule has 0 saturated heterocycles. The molecule has 0 aliphatic carbocycles. The van der Waals surface area contributed by atoms with E-state index in [1.165, 1.54) is 75.8 Å². The summed E-state index contributed by atoms with van der Waals surface area (Å²) in [4.78, 5) is 0. The summed E-state index contributed by atoms with van der Waals surface area (Å²) < 4.78 is 1.13. The summed E-state index contributed by atoms with van der Waals surface area (Å²) in [5.74, 6) is 0. The van der Waals surface area contributed by atoms with Crippen molar-refractivity contribution in [2.45, 2.75) is 0 Å². The highest BCUT2D eigenvalue weighted by Gasteiger charge is 2.19. The van der Waals surface area contributed by atoms with Gasteiger partial charge in [0.15, 0.2) is 0 Å². The van der Waals surface area contributed by atoms with Crippen LogP contribution in [0.25, 0.3) is 75.8 Å². The SMILES string of the molecule is Brc1cccc2cc3c(-c4ccccc4)c4c(cc3cc12)c1cccc2ccc3cccc4c3c21. The number of fused-ring (bicyclic) bond motifs is 5. The maximum atomic E-state index is 3.79. The summed E-state index contributed by atoms with van der Waals surface area (Å²) in [6.45, 7) is 0. The fourth-order valence-corrected chi connectivity index (χ4v) is 6.62. The zero-order chi connectivity index (χ0) is 23.1. The van der Waals surface area contributed by atoms with Crippen molar-refractivity contribution in [1.29, 1.82) is 0 Å². The Kier molecular flexibility index (Phi) is 3.90. The van der Waals surface area contributed by atoms with Crippen LogP contribution in [0.3, 0.4) is 0 Å². The smallest absolute Gasteiger partial charge is 0.0253 e. The van der Waals surface area contributed by atoms with E-state index in [9.17, 15) is 0 Å².